The van der Waals surface area contributed by atoms with Crippen LogP contribution in [0.4, 0.5) is 0 Å². The molecule has 0 aliphatic rings. The third-order valence-electron chi connectivity index (χ3n) is 3.72. The number of ether oxygens (including phenoxy) is 2. The highest BCUT2D eigenvalue weighted by Crippen LogP contribution is 2.18. The van der Waals surface area contributed by atoms with E-state index in [1.54, 1.807) is 21.3 Å². The summed E-state index contributed by atoms with van der Waals surface area (Å²) in [5.41, 5.74) is 2.42. The Morgan fingerprint density at radius 3 is 2.57 bits per heavy atom. The Morgan fingerprint density at radius 2 is 1.87 bits per heavy atom. The molecule has 5 heteroatoms. The number of benzene rings is 1. The normalized spacial score (nSPS) is 11.4. The maximum absolute atomic E-state index is 5.36. The average molecular weight is 321 g/mol. The summed E-state index contributed by atoms with van der Waals surface area (Å²) in [5.74, 6) is 1.80. The zero-order chi connectivity index (χ0) is 16.9. The fraction of sp³-hybridized carbons (Fsp3) is 0.611. The summed E-state index contributed by atoms with van der Waals surface area (Å²) < 4.78 is 10.4. The molecule has 0 aliphatic heterocycles. The molecule has 130 valence electrons. The van der Waals surface area contributed by atoms with Crippen LogP contribution in [0, 0.1) is 6.92 Å². The molecule has 0 spiro atoms. The molecule has 0 heterocycles. The average Bonchev–Trinajstić information content (AvgIpc) is 2.57. The van der Waals surface area contributed by atoms with E-state index in [-0.39, 0.29) is 0 Å². The number of aryl methyl sites for hydroxylation is 1. The third kappa shape index (κ3) is 7.88. The molecule has 2 N–H and O–H groups in total. The van der Waals surface area contributed by atoms with Crippen molar-refractivity contribution < 1.29 is 9.47 Å². The Balaban J connectivity index is 2.24. The van der Waals surface area contributed by atoms with Crippen LogP contribution in [-0.4, -0.2) is 46.9 Å². The lowest BCUT2D eigenvalue weighted by atomic mass is 10.1. The van der Waals surface area contributed by atoms with Gasteiger partial charge in [0.2, 0.25) is 0 Å². The topological polar surface area (TPSA) is 54.9 Å². The van der Waals surface area contributed by atoms with E-state index >= 15 is 0 Å². The quantitative estimate of drug-likeness (QED) is 0.395. The number of guanidine groups is 1. The van der Waals surface area contributed by atoms with E-state index in [0.717, 1.165) is 56.2 Å². The summed E-state index contributed by atoms with van der Waals surface area (Å²) in [4.78, 5) is 4.25. The van der Waals surface area contributed by atoms with Crippen molar-refractivity contribution in [2.75, 3.05) is 41.0 Å². The monoisotopic (exact) mass is 321 g/mol. The Labute approximate surface area is 140 Å². The maximum atomic E-state index is 5.36. The minimum absolute atomic E-state index is 0.840. The molecule has 0 aromatic heterocycles. The molecule has 0 bridgehead atoms. The predicted molar refractivity (Wildman–Crippen MR) is 96.5 cm³/mol. The first-order chi connectivity index (χ1) is 11.2. The van der Waals surface area contributed by atoms with E-state index in [4.69, 9.17) is 9.47 Å². The summed E-state index contributed by atoms with van der Waals surface area (Å²) in [6, 6.07) is 6.34. The number of hydrogen-bond donors (Lipinski definition) is 2. The van der Waals surface area contributed by atoms with Crippen molar-refractivity contribution >= 4 is 5.96 Å². The highest BCUT2D eigenvalue weighted by molar-refractivity contribution is 5.79. The molecule has 0 atom stereocenters. The zero-order valence-electron chi connectivity index (χ0n) is 14.9. The molecule has 0 saturated heterocycles. The molecule has 0 fully saturated rings. The SMILES string of the molecule is CN=C(NCCCCCOC)NCCc1ccc(C)c(OC)c1. The molecule has 0 aliphatic carbocycles. The fourth-order valence-corrected chi connectivity index (χ4v) is 2.32. The lowest BCUT2D eigenvalue weighted by Gasteiger charge is -2.12. The standard InChI is InChI=1S/C18H31N3O2/c1-15-8-9-16(14-17(15)23-4)10-12-21-18(19-2)20-11-6-5-7-13-22-3/h8-9,14H,5-7,10-13H2,1-4H3,(H2,19,20,21). The highest BCUT2D eigenvalue weighted by atomic mass is 16.5. The second kappa shape index (κ2) is 11.8. The van der Waals surface area contributed by atoms with Crippen molar-refractivity contribution in [3.8, 4) is 5.75 Å². The van der Waals surface area contributed by atoms with Crippen molar-refractivity contribution in [1.29, 1.82) is 0 Å². The Kier molecular flexibility index (Phi) is 9.87. The third-order valence-corrected chi connectivity index (χ3v) is 3.72. The first-order valence-electron chi connectivity index (χ1n) is 8.28. The van der Waals surface area contributed by atoms with Crippen LogP contribution in [0.25, 0.3) is 0 Å². The van der Waals surface area contributed by atoms with Gasteiger partial charge in [0.15, 0.2) is 5.96 Å². The van der Waals surface area contributed by atoms with Crippen LogP contribution < -0.4 is 15.4 Å². The summed E-state index contributed by atoms with van der Waals surface area (Å²) in [6.45, 7) is 4.67. The molecule has 5 nitrogen and oxygen atoms in total. The first-order valence-corrected chi connectivity index (χ1v) is 8.28. The van der Waals surface area contributed by atoms with E-state index in [2.05, 4.69) is 40.7 Å². The van der Waals surface area contributed by atoms with Crippen molar-refractivity contribution in [2.45, 2.75) is 32.6 Å². The number of nitrogens with one attached hydrogen (secondary N) is 2. The van der Waals surface area contributed by atoms with Crippen LogP contribution in [0.1, 0.15) is 30.4 Å². The van der Waals surface area contributed by atoms with E-state index < -0.39 is 0 Å². The smallest absolute Gasteiger partial charge is 0.190 e. The molecule has 1 aromatic rings. The Morgan fingerprint density at radius 1 is 1.09 bits per heavy atom. The van der Waals surface area contributed by atoms with Crippen LogP contribution in [0.3, 0.4) is 0 Å². The van der Waals surface area contributed by atoms with Gasteiger partial charge in [-0.2, -0.15) is 0 Å². The summed E-state index contributed by atoms with van der Waals surface area (Å²) in [6.07, 6.45) is 4.34. The largest absolute Gasteiger partial charge is 0.496 e. The van der Waals surface area contributed by atoms with Crippen molar-refractivity contribution in [3.05, 3.63) is 29.3 Å². The van der Waals surface area contributed by atoms with Gasteiger partial charge in [-0.1, -0.05) is 12.1 Å². The highest BCUT2D eigenvalue weighted by Gasteiger charge is 2.01. The molecule has 0 unspecified atom stereocenters. The van der Waals surface area contributed by atoms with Crippen LogP contribution in [0.5, 0.6) is 5.75 Å². The van der Waals surface area contributed by atoms with Gasteiger partial charge in [0.05, 0.1) is 7.11 Å². The van der Waals surface area contributed by atoms with Gasteiger partial charge in [0.25, 0.3) is 0 Å². The molecule has 0 amide bonds. The number of methoxy groups -OCH3 is 2. The Bertz CT molecular complexity index is 475. The van der Waals surface area contributed by atoms with Crippen molar-refractivity contribution in [1.82, 2.24) is 10.6 Å². The van der Waals surface area contributed by atoms with E-state index in [1.165, 1.54) is 12.0 Å². The Hall–Kier alpha value is -1.75. The zero-order valence-corrected chi connectivity index (χ0v) is 14.9. The first kappa shape index (κ1) is 19.3. The lowest BCUT2D eigenvalue weighted by molar-refractivity contribution is 0.192. The molecular formula is C18H31N3O2. The van der Waals surface area contributed by atoms with E-state index in [9.17, 15) is 0 Å². The van der Waals surface area contributed by atoms with Gasteiger partial charge in [0, 0.05) is 33.9 Å². The summed E-state index contributed by atoms with van der Waals surface area (Å²) >= 11 is 0. The van der Waals surface area contributed by atoms with Crippen molar-refractivity contribution in [3.63, 3.8) is 0 Å². The van der Waals surface area contributed by atoms with Gasteiger partial charge in [-0.3, -0.25) is 4.99 Å². The number of nitrogens with zero attached hydrogens (tertiary/aromatic N) is 1. The minimum Gasteiger partial charge on any atom is -0.496 e. The number of unbranched alkanes of at least 4 members (excludes halogenated alkanes) is 2. The fourth-order valence-electron chi connectivity index (χ4n) is 2.32. The molecule has 1 rings (SSSR count). The molecule has 0 saturated carbocycles. The van der Waals surface area contributed by atoms with Gasteiger partial charge in [0.1, 0.15) is 5.75 Å². The van der Waals surface area contributed by atoms with E-state index in [0.29, 0.717) is 0 Å². The number of hydrogen-bond acceptors (Lipinski definition) is 3. The second-order valence-corrected chi connectivity index (χ2v) is 5.53. The lowest BCUT2D eigenvalue weighted by Crippen LogP contribution is -2.38. The number of aliphatic imine (C=N–C) groups is 1. The maximum Gasteiger partial charge on any atom is 0.190 e. The van der Waals surface area contributed by atoms with Gasteiger partial charge in [-0.05, 0) is 49.8 Å². The summed E-state index contributed by atoms with van der Waals surface area (Å²) in [5, 5.41) is 6.68. The molecule has 23 heavy (non-hydrogen) atoms. The van der Waals surface area contributed by atoms with E-state index in [1.807, 2.05) is 0 Å². The van der Waals surface area contributed by atoms with Gasteiger partial charge < -0.3 is 20.1 Å². The molecule has 1 aromatic carbocycles. The van der Waals surface area contributed by atoms with Gasteiger partial charge in [-0.25, -0.2) is 0 Å². The minimum atomic E-state index is 0.840. The van der Waals surface area contributed by atoms with Gasteiger partial charge >= 0.3 is 0 Å². The van der Waals surface area contributed by atoms with Gasteiger partial charge in [-0.15, -0.1) is 0 Å². The predicted octanol–water partition coefficient (Wildman–Crippen LogP) is 2.53. The number of rotatable bonds is 10. The molecule has 0 radical (unpaired) electrons. The van der Waals surface area contributed by atoms with Crippen LogP contribution in [0.2, 0.25) is 0 Å². The summed E-state index contributed by atoms with van der Waals surface area (Å²) in [7, 11) is 5.26. The van der Waals surface area contributed by atoms with Crippen LogP contribution in [-0.2, 0) is 11.2 Å². The second-order valence-electron chi connectivity index (χ2n) is 5.53. The molecular weight excluding hydrogens is 290 g/mol. The van der Waals surface area contributed by atoms with Crippen molar-refractivity contribution in [2.24, 2.45) is 4.99 Å². The van der Waals surface area contributed by atoms with Crippen LogP contribution in [0.15, 0.2) is 23.2 Å². The van der Waals surface area contributed by atoms with Crippen LogP contribution >= 0.6 is 0 Å².